The van der Waals surface area contributed by atoms with E-state index in [0.29, 0.717) is 13.2 Å². The van der Waals surface area contributed by atoms with E-state index in [-0.39, 0.29) is 6.10 Å². The zero-order valence-electron chi connectivity index (χ0n) is 5.60. The fraction of sp³-hybridized carbons (Fsp3) is 0.667. The van der Waals surface area contributed by atoms with Gasteiger partial charge < -0.3 is 4.74 Å². The zero-order valence-corrected chi connectivity index (χ0v) is 5.60. The summed E-state index contributed by atoms with van der Waals surface area (Å²) in [6.45, 7) is 1.21. The minimum atomic E-state index is 0.172. The molecule has 0 amide bonds. The summed E-state index contributed by atoms with van der Waals surface area (Å²) in [5.74, 6) is 0. The molecule has 0 aromatic heterocycles. The van der Waals surface area contributed by atoms with Gasteiger partial charge in [0.25, 0.3) is 0 Å². The first kappa shape index (κ1) is 7.12. The van der Waals surface area contributed by atoms with Crippen molar-refractivity contribution in [2.24, 2.45) is 5.11 Å². The number of ether oxygens (including phenoxy) is 1. The first-order valence-corrected chi connectivity index (χ1v) is 3.22. The van der Waals surface area contributed by atoms with Gasteiger partial charge in [0.15, 0.2) is 0 Å². The summed E-state index contributed by atoms with van der Waals surface area (Å²) in [7, 11) is 0. The first-order chi connectivity index (χ1) is 4.93. The van der Waals surface area contributed by atoms with Gasteiger partial charge in [-0.05, 0) is 12.0 Å². The van der Waals surface area contributed by atoms with Gasteiger partial charge >= 0.3 is 0 Å². The molecule has 0 bridgehead atoms. The maximum absolute atomic E-state index is 7.94. The third-order valence-electron chi connectivity index (χ3n) is 1.33. The highest BCUT2D eigenvalue weighted by molar-refractivity contribution is 4.95. The van der Waals surface area contributed by atoms with Crippen molar-refractivity contribution in [1.82, 2.24) is 0 Å². The molecule has 1 heterocycles. The smallest absolute Gasteiger partial charge is 0.0762 e. The Kier molecular flexibility index (Phi) is 2.80. The van der Waals surface area contributed by atoms with E-state index in [1.165, 1.54) is 0 Å². The van der Waals surface area contributed by atoms with Gasteiger partial charge in [0, 0.05) is 11.5 Å². The predicted molar refractivity (Wildman–Crippen MR) is 37.5 cm³/mol. The van der Waals surface area contributed by atoms with Crippen molar-refractivity contribution in [3.63, 3.8) is 0 Å². The van der Waals surface area contributed by atoms with Crippen LogP contribution in [0.2, 0.25) is 0 Å². The molecule has 0 spiro atoms. The maximum atomic E-state index is 7.94. The SMILES string of the molecule is [N-]=[N+]=NCC[C@@H]1C=CCO1. The molecule has 0 radical (unpaired) electrons. The number of azide groups is 1. The van der Waals surface area contributed by atoms with Crippen molar-refractivity contribution in [1.29, 1.82) is 0 Å². The lowest BCUT2D eigenvalue weighted by atomic mass is 10.2. The van der Waals surface area contributed by atoms with Crippen LogP contribution in [0.25, 0.3) is 10.4 Å². The molecular formula is C6H9N3O. The van der Waals surface area contributed by atoms with Gasteiger partial charge in [-0.2, -0.15) is 0 Å². The van der Waals surface area contributed by atoms with Crippen molar-refractivity contribution < 1.29 is 4.74 Å². The van der Waals surface area contributed by atoms with Crippen LogP contribution in [0.4, 0.5) is 0 Å². The normalized spacial score (nSPS) is 22.6. The van der Waals surface area contributed by atoms with Crippen LogP contribution in [-0.4, -0.2) is 19.3 Å². The lowest BCUT2D eigenvalue weighted by molar-refractivity contribution is 0.123. The average molecular weight is 139 g/mol. The van der Waals surface area contributed by atoms with Crippen molar-refractivity contribution >= 4 is 0 Å². The molecule has 4 nitrogen and oxygen atoms in total. The summed E-state index contributed by atoms with van der Waals surface area (Å²) in [4.78, 5) is 2.64. The highest BCUT2D eigenvalue weighted by atomic mass is 16.5. The van der Waals surface area contributed by atoms with E-state index in [2.05, 4.69) is 10.0 Å². The monoisotopic (exact) mass is 139 g/mol. The fourth-order valence-electron chi connectivity index (χ4n) is 0.851. The highest BCUT2D eigenvalue weighted by Crippen LogP contribution is 2.06. The van der Waals surface area contributed by atoms with Crippen molar-refractivity contribution in [3.05, 3.63) is 22.6 Å². The van der Waals surface area contributed by atoms with E-state index in [1.54, 1.807) is 0 Å². The third kappa shape index (κ3) is 2.09. The summed E-state index contributed by atoms with van der Waals surface area (Å²) in [5.41, 5.74) is 7.94. The second kappa shape index (κ2) is 3.93. The predicted octanol–water partition coefficient (Wildman–Crippen LogP) is 1.64. The summed E-state index contributed by atoms with van der Waals surface area (Å²) in [6, 6.07) is 0. The van der Waals surface area contributed by atoms with Crippen LogP contribution in [0, 0.1) is 0 Å². The van der Waals surface area contributed by atoms with Gasteiger partial charge in [0.2, 0.25) is 0 Å². The number of rotatable bonds is 3. The Hall–Kier alpha value is -0.990. The molecule has 0 fully saturated rings. The van der Waals surface area contributed by atoms with E-state index < -0.39 is 0 Å². The average Bonchev–Trinajstić information content (AvgIpc) is 2.41. The van der Waals surface area contributed by atoms with Crippen LogP contribution in [0.1, 0.15) is 6.42 Å². The van der Waals surface area contributed by atoms with Crippen molar-refractivity contribution in [3.8, 4) is 0 Å². The second-order valence-corrected chi connectivity index (χ2v) is 2.04. The molecule has 0 aromatic rings. The van der Waals surface area contributed by atoms with E-state index in [4.69, 9.17) is 10.3 Å². The topological polar surface area (TPSA) is 58.0 Å². The van der Waals surface area contributed by atoms with Crippen molar-refractivity contribution in [2.75, 3.05) is 13.2 Å². The largest absolute Gasteiger partial charge is 0.370 e. The molecule has 0 saturated carbocycles. The summed E-state index contributed by atoms with van der Waals surface area (Å²) in [6.07, 6.45) is 4.93. The minimum absolute atomic E-state index is 0.172. The van der Waals surface area contributed by atoms with Gasteiger partial charge in [-0.1, -0.05) is 17.3 Å². The Bertz CT molecular complexity index is 172. The van der Waals surface area contributed by atoms with E-state index in [0.717, 1.165) is 6.42 Å². The van der Waals surface area contributed by atoms with E-state index in [9.17, 15) is 0 Å². The number of hydrogen-bond acceptors (Lipinski definition) is 2. The van der Waals surface area contributed by atoms with E-state index >= 15 is 0 Å². The molecule has 1 aliphatic rings. The van der Waals surface area contributed by atoms with Crippen molar-refractivity contribution in [2.45, 2.75) is 12.5 Å². The quantitative estimate of drug-likeness (QED) is 0.254. The molecule has 1 aliphatic heterocycles. The molecule has 0 saturated heterocycles. The molecule has 1 atom stereocenters. The molecule has 0 aromatic carbocycles. The van der Waals surface area contributed by atoms with Gasteiger partial charge in [-0.3, -0.25) is 0 Å². The molecule has 54 valence electrons. The lowest BCUT2D eigenvalue weighted by Crippen LogP contribution is -2.05. The zero-order chi connectivity index (χ0) is 7.23. The van der Waals surface area contributed by atoms with Crippen LogP contribution in [-0.2, 0) is 4.74 Å². The van der Waals surface area contributed by atoms with Crippen LogP contribution in [0.15, 0.2) is 17.3 Å². The van der Waals surface area contributed by atoms with Gasteiger partial charge in [-0.25, -0.2) is 0 Å². The summed E-state index contributed by atoms with van der Waals surface area (Å²) >= 11 is 0. The Morgan fingerprint density at radius 2 is 2.70 bits per heavy atom. The van der Waals surface area contributed by atoms with Crippen LogP contribution in [0.5, 0.6) is 0 Å². The Labute approximate surface area is 59.1 Å². The highest BCUT2D eigenvalue weighted by Gasteiger charge is 2.06. The third-order valence-corrected chi connectivity index (χ3v) is 1.33. The molecular weight excluding hydrogens is 130 g/mol. The molecule has 1 rings (SSSR count). The summed E-state index contributed by atoms with van der Waals surface area (Å²) < 4.78 is 5.21. The first-order valence-electron chi connectivity index (χ1n) is 3.22. The van der Waals surface area contributed by atoms with Gasteiger partial charge in [-0.15, -0.1) is 0 Å². The standard InChI is InChI=1S/C6H9N3O/c7-9-8-4-3-6-2-1-5-10-6/h1-2,6H,3-5H2/t6-/m0/s1. The minimum Gasteiger partial charge on any atom is -0.370 e. The van der Waals surface area contributed by atoms with E-state index in [1.807, 2.05) is 12.2 Å². The number of nitrogens with zero attached hydrogens (tertiary/aromatic N) is 3. The van der Waals surface area contributed by atoms with Gasteiger partial charge in [0.05, 0.1) is 12.7 Å². The maximum Gasteiger partial charge on any atom is 0.0762 e. The molecule has 4 heteroatoms. The van der Waals surface area contributed by atoms with Crippen LogP contribution >= 0.6 is 0 Å². The van der Waals surface area contributed by atoms with Gasteiger partial charge in [0.1, 0.15) is 0 Å². The fourth-order valence-corrected chi connectivity index (χ4v) is 0.851. The lowest BCUT2D eigenvalue weighted by Gasteiger charge is -2.03. The summed E-state index contributed by atoms with van der Waals surface area (Å²) in [5, 5.41) is 3.40. The Morgan fingerprint density at radius 1 is 1.80 bits per heavy atom. The van der Waals surface area contributed by atoms with Crippen LogP contribution in [0.3, 0.4) is 0 Å². The Balaban J connectivity index is 2.13. The molecule has 0 N–H and O–H groups in total. The Morgan fingerprint density at radius 3 is 3.30 bits per heavy atom. The molecule has 0 aliphatic carbocycles. The van der Waals surface area contributed by atoms with Crippen LogP contribution < -0.4 is 0 Å². The number of hydrogen-bond donors (Lipinski definition) is 0. The molecule has 0 unspecified atom stereocenters. The molecule has 10 heavy (non-hydrogen) atoms. The second-order valence-electron chi connectivity index (χ2n) is 2.04.